The van der Waals surface area contributed by atoms with E-state index in [9.17, 15) is 4.79 Å². The summed E-state index contributed by atoms with van der Waals surface area (Å²) in [5.41, 5.74) is 0. The van der Waals surface area contributed by atoms with Crippen molar-refractivity contribution < 1.29 is 9.90 Å². The van der Waals surface area contributed by atoms with Gasteiger partial charge in [-0.2, -0.15) is 0 Å². The molecule has 0 heterocycles. The highest BCUT2D eigenvalue weighted by atomic mass is 16.4. The molecule has 3 nitrogen and oxygen atoms in total. The van der Waals surface area contributed by atoms with Crippen LogP contribution in [0.25, 0.3) is 0 Å². The zero-order valence-corrected chi connectivity index (χ0v) is 8.58. The molecule has 3 unspecified atom stereocenters. The zero-order chi connectivity index (χ0) is 10.0. The molecule has 1 saturated carbocycles. The first-order chi connectivity index (χ1) is 6.06. The van der Waals surface area contributed by atoms with E-state index in [0.717, 1.165) is 12.8 Å². The Morgan fingerprint density at radius 3 is 2.54 bits per heavy atom. The molecule has 13 heavy (non-hydrogen) atoms. The average molecular weight is 185 g/mol. The lowest BCUT2D eigenvalue weighted by atomic mass is 9.99. The Morgan fingerprint density at radius 2 is 2.23 bits per heavy atom. The Kier molecular flexibility index (Phi) is 3.31. The maximum absolute atomic E-state index is 10.7. The number of carboxylic acid groups (broad SMARTS) is 1. The molecule has 0 aromatic rings. The Morgan fingerprint density at radius 1 is 1.62 bits per heavy atom. The van der Waals surface area contributed by atoms with Gasteiger partial charge in [0, 0.05) is 6.04 Å². The van der Waals surface area contributed by atoms with E-state index in [2.05, 4.69) is 19.2 Å². The van der Waals surface area contributed by atoms with E-state index in [1.54, 1.807) is 0 Å². The van der Waals surface area contributed by atoms with Crippen molar-refractivity contribution in [3.63, 3.8) is 0 Å². The smallest absolute Gasteiger partial charge is 0.306 e. The minimum atomic E-state index is -0.631. The Bertz CT molecular complexity index is 191. The lowest BCUT2D eigenvalue weighted by Crippen LogP contribution is -2.30. The van der Waals surface area contributed by atoms with E-state index in [0.29, 0.717) is 17.9 Å². The molecule has 0 spiro atoms. The topological polar surface area (TPSA) is 49.3 Å². The second-order valence-corrected chi connectivity index (χ2v) is 4.37. The van der Waals surface area contributed by atoms with Crippen molar-refractivity contribution >= 4 is 5.97 Å². The highest BCUT2D eigenvalue weighted by molar-refractivity contribution is 5.73. The summed E-state index contributed by atoms with van der Waals surface area (Å²) < 4.78 is 0. The number of hydrogen-bond donors (Lipinski definition) is 2. The van der Waals surface area contributed by atoms with E-state index >= 15 is 0 Å². The van der Waals surface area contributed by atoms with Crippen LogP contribution in [0.5, 0.6) is 0 Å². The van der Waals surface area contributed by atoms with Gasteiger partial charge in [0.2, 0.25) is 0 Å². The van der Waals surface area contributed by atoms with Gasteiger partial charge in [-0.3, -0.25) is 4.79 Å². The summed E-state index contributed by atoms with van der Waals surface area (Å²) in [7, 11) is 1.92. The van der Waals surface area contributed by atoms with Crippen molar-refractivity contribution in [2.24, 2.45) is 17.8 Å². The second kappa shape index (κ2) is 4.09. The predicted molar refractivity (Wildman–Crippen MR) is 51.5 cm³/mol. The largest absolute Gasteiger partial charge is 0.481 e. The summed E-state index contributed by atoms with van der Waals surface area (Å²) in [4.78, 5) is 10.7. The SMILES string of the molecule is CNC(CC(C)C)C1CC1C(=O)O. The van der Waals surface area contributed by atoms with Crippen LogP contribution in [-0.2, 0) is 4.79 Å². The van der Waals surface area contributed by atoms with Crippen molar-refractivity contribution in [1.29, 1.82) is 0 Å². The summed E-state index contributed by atoms with van der Waals surface area (Å²) >= 11 is 0. The monoisotopic (exact) mass is 185 g/mol. The first-order valence-corrected chi connectivity index (χ1v) is 4.96. The fraction of sp³-hybridized carbons (Fsp3) is 0.900. The van der Waals surface area contributed by atoms with Gasteiger partial charge in [0.1, 0.15) is 0 Å². The molecule has 0 aliphatic heterocycles. The number of hydrogen-bond acceptors (Lipinski definition) is 2. The van der Waals surface area contributed by atoms with Gasteiger partial charge in [0.15, 0.2) is 0 Å². The van der Waals surface area contributed by atoms with Crippen molar-refractivity contribution in [3.05, 3.63) is 0 Å². The number of aliphatic carboxylic acids is 1. The molecule has 3 atom stereocenters. The number of carboxylic acids is 1. The summed E-state index contributed by atoms with van der Waals surface area (Å²) in [6, 6.07) is 0.390. The van der Waals surface area contributed by atoms with Crippen LogP contribution in [0.4, 0.5) is 0 Å². The van der Waals surface area contributed by atoms with Crippen LogP contribution in [0.3, 0.4) is 0 Å². The van der Waals surface area contributed by atoms with Crippen molar-refractivity contribution in [3.8, 4) is 0 Å². The molecule has 76 valence electrons. The minimum absolute atomic E-state index is 0.0869. The van der Waals surface area contributed by atoms with Crippen LogP contribution in [0, 0.1) is 17.8 Å². The highest BCUT2D eigenvalue weighted by Crippen LogP contribution is 2.42. The highest BCUT2D eigenvalue weighted by Gasteiger charge is 2.47. The molecule has 1 aliphatic rings. The lowest BCUT2D eigenvalue weighted by molar-refractivity contribution is -0.138. The average Bonchev–Trinajstić information content (AvgIpc) is 2.78. The second-order valence-electron chi connectivity index (χ2n) is 4.37. The first-order valence-electron chi connectivity index (χ1n) is 4.96. The van der Waals surface area contributed by atoms with Crippen LogP contribution < -0.4 is 5.32 Å². The van der Waals surface area contributed by atoms with E-state index in [-0.39, 0.29) is 5.92 Å². The van der Waals surface area contributed by atoms with Gasteiger partial charge in [0.25, 0.3) is 0 Å². The van der Waals surface area contributed by atoms with Crippen molar-refractivity contribution in [2.45, 2.75) is 32.7 Å². The van der Waals surface area contributed by atoms with Gasteiger partial charge in [-0.05, 0) is 31.7 Å². The molecule has 2 N–H and O–H groups in total. The first kappa shape index (κ1) is 10.5. The van der Waals surface area contributed by atoms with Crippen LogP contribution in [0.2, 0.25) is 0 Å². The quantitative estimate of drug-likeness (QED) is 0.679. The third kappa shape index (κ3) is 2.69. The van der Waals surface area contributed by atoms with Gasteiger partial charge in [-0.1, -0.05) is 13.8 Å². The molecule has 0 saturated heterocycles. The maximum Gasteiger partial charge on any atom is 0.306 e. The van der Waals surface area contributed by atoms with Gasteiger partial charge >= 0.3 is 5.97 Å². The van der Waals surface area contributed by atoms with Crippen molar-refractivity contribution in [1.82, 2.24) is 5.32 Å². The number of rotatable bonds is 5. The molecule has 0 radical (unpaired) electrons. The van der Waals surface area contributed by atoms with Gasteiger partial charge < -0.3 is 10.4 Å². The standard InChI is InChI=1S/C10H19NO2/c1-6(2)4-9(11-3)7-5-8(7)10(12)13/h6-9,11H,4-5H2,1-3H3,(H,12,13). The van der Waals surface area contributed by atoms with E-state index in [1.165, 1.54) is 0 Å². The Hall–Kier alpha value is -0.570. The van der Waals surface area contributed by atoms with Crippen LogP contribution in [0.1, 0.15) is 26.7 Å². The van der Waals surface area contributed by atoms with Crippen LogP contribution in [-0.4, -0.2) is 24.2 Å². The zero-order valence-electron chi connectivity index (χ0n) is 8.58. The Balaban J connectivity index is 2.37. The molecule has 1 aliphatic carbocycles. The Labute approximate surface area is 79.5 Å². The lowest BCUT2D eigenvalue weighted by Gasteiger charge is -2.17. The summed E-state index contributed by atoms with van der Waals surface area (Å²) in [5.74, 6) is 0.280. The number of nitrogens with one attached hydrogen (secondary N) is 1. The maximum atomic E-state index is 10.7. The van der Waals surface area contributed by atoms with E-state index in [4.69, 9.17) is 5.11 Å². The van der Waals surface area contributed by atoms with E-state index in [1.807, 2.05) is 7.05 Å². The van der Waals surface area contributed by atoms with Crippen molar-refractivity contribution in [2.75, 3.05) is 7.05 Å². The summed E-state index contributed by atoms with van der Waals surface area (Å²) in [5, 5.41) is 12.0. The molecule has 0 bridgehead atoms. The normalized spacial score (nSPS) is 28.9. The molecule has 0 aromatic heterocycles. The summed E-state index contributed by atoms with van der Waals surface area (Å²) in [6.07, 6.45) is 1.93. The number of carbonyl (C=O) groups is 1. The van der Waals surface area contributed by atoms with Gasteiger partial charge in [-0.15, -0.1) is 0 Å². The van der Waals surface area contributed by atoms with Gasteiger partial charge in [0.05, 0.1) is 5.92 Å². The predicted octanol–water partition coefficient (Wildman–Crippen LogP) is 1.34. The fourth-order valence-corrected chi connectivity index (χ4v) is 1.96. The van der Waals surface area contributed by atoms with Crippen LogP contribution >= 0.6 is 0 Å². The third-order valence-electron chi connectivity index (χ3n) is 2.77. The molecule has 1 rings (SSSR count). The van der Waals surface area contributed by atoms with Gasteiger partial charge in [-0.25, -0.2) is 0 Å². The minimum Gasteiger partial charge on any atom is -0.481 e. The third-order valence-corrected chi connectivity index (χ3v) is 2.77. The molecule has 1 fully saturated rings. The molecule has 3 heteroatoms. The van der Waals surface area contributed by atoms with Crippen LogP contribution in [0.15, 0.2) is 0 Å². The molecular formula is C10H19NO2. The van der Waals surface area contributed by atoms with E-state index < -0.39 is 5.97 Å². The summed E-state index contributed by atoms with van der Waals surface area (Å²) in [6.45, 7) is 4.34. The molecule has 0 aromatic carbocycles. The molecule has 0 amide bonds. The molecular weight excluding hydrogens is 166 g/mol. The fourth-order valence-electron chi connectivity index (χ4n) is 1.96.